The fourth-order valence-corrected chi connectivity index (χ4v) is 1.71. The van der Waals surface area contributed by atoms with Crippen LogP contribution in [0.4, 0.5) is 5.69 Å². The first-order chi connectivity index (χ1) is 8.01. The van der Waals surface area contributed by atoms with E-state index in [-0.39, 0.29) is 0 Å². The lowest BCUT2D eigenvalue weighted by molar-refractivity contribution is 0.340. The smallest absolute Gasteiger partial charge is 0.121 e. The molecule has 0 amide bonds. The van der Waals surface area contributed by atoms with E-state index >= 15 is 0 Å². The van der Waals surface area contributed by atoms with E-state index in [0.717, 1.165) is 18.0 Å². The SMILES string of the molecule is CCOc1cccc(NCCCC(C)(C)C)c1. The van der Waals surface area contributed by atoms with Crippen LogP contribution >= 0.6 is 0 Å². The number of ether oxygens (including phenoxy) is 1. The predicted octanol–water partition coefficient (Wildman–Crippen LogP) is 4.32. The maximum Gasteiger partial charge on any atom is 0.121 e. The van der Waals surface area contributed by atoms with Crippen molar-refractivity contribution in [3.05, 3.63) is 24.3 Å². The van der Waals surface area contributed by atoms with Crippen molar-refractivity contribution in [1.29, 1.82) is 0 Å². The molecule has 2 heteroatoms. The Morgan fingerprint density at radius 3 is 2.65 bits per heavy atom. The second-order valence-corrected chi connectivity index (χ2v) is 5.55. The van der Waals surface area contributed by atoms with E-state index in [1.807, 2.05) is 19.1 Å². The normalized spacial score (nSPS) is 11.3. The highest BCUT2D eigenvalue weighted by molar-refractivity contribution is 5.48. The first kappa shape index (κ1) is 13.9. The van der Waals surface area contributed by atoms with E-state index in [2.05, 4.69) is 38.2 Å². The van der Waals surface area contributed by atoms with Crippen molar-refractivity contribution in [1.82, 2.24) is 0 Å². The van der Waals surface area contributed by atoms with Crippen LogP contribution in [0, 0.1) is 5.41 Å². The molecule has 1 N–H and O–H groups in total. The van der Waals surface area contributed by atoms with Crippen LogP contribution in [0.3, 0.4) is 0 Å². The fourth-order valence-electron chi connectivity index (χ4n) is 1.71. The molecule has 0 saturated carbocycles. The van der Waals surface area contributed by atoms with Gasteiger partial charge in [0, 0.05) is 18.3 Å². The first-order valence-electron chi connectivity index (χ1n) is 6.48. The van der Waals surface area contributed by atoms with Gasteiger partial charge in [0.05, 0.1) is 6.61 Å². The highest BCUT2D eigenvalue weighted by Gasteiger charge is 2.08. The Kier molecular flexibility index (Phi) is 5.33. The standard InChI is InChI=1S/C15H25NO/c1-5-17-14-9-6-8-13(12-14)16-11-7-10-15(2,3)4/h6,8-9,12,16H,5,7,10-11H2,1-4H3. The van der Waals surface area contributed by atoms with Gasteiger partial charge in [-0.25, -0.2) is 0 Å². The van der Waals surface area contributed by atoms with Crippen molar-refractivity contribution in [3.8, 4) is 5.75 Å². The lowest BCUT2D eigenvalue weighted by Gasteiger charge is -2.18. The van der Waals surface area contributed by atoms with Gasteiger partial charge in [-0.15, -0.1) is 0 Å². The fraction of sp³-hybridized carbons (Fsp3) is 0.600. The third-order valence-electron chi connectivity index (χ3n) is 2.58. The van der Waals surface area contributed by atoms with Crippen LogP contribution in [0.25, 0.3) is 0 Å². The summed E-state index contributed by atoms with van der Waals surface area (Å²) in [5.74, 6) is 0.938. The average Bonchev–Trinajstić information content (AvgIpc) is 2.24. The number of hydrogen-bond acceptors (Lipinski definition) is 2. The van der Waals surface area contributed by atoms with Crippen LogP contribution in [0.5, 0.6) is 5.75 Å². The van der Waals surface area contributed by atoms with E-state index in [1.54, 1.807) is 0 Å². The van der Waals surface area contributed by atoms with Crippen LogP contribution < -0.4 is 10.1 Å². The second kappa shape index (κ2) is 6.53. The Bertz CT molecular complexity index is 328. The Balaban J connectivity index is 2.34. The van der Waals surface area contributed by atoms with Gasteiger partial charge in [-0.3, -0.25) is 0 Å². The largest absolute Gasteiger partial charge is 0.494 e. The summed E-state index contributed by atoms with van der Waals surface area (Å²) in [6, 6.07) is 8.15. The summed E-state index contributed by atoms with van der Waals surface area (Å²) >= 11 is 0. The third-order valence-corrected chi connectivity index (χ3v) is 2.58. The minimum atomic E-state index is 0.425. The predicted molar refractivity (Wildman–Crippen MR) is 74.8 cm³/mol. The molecular formula is C15H25NO. The van der Waals surface area contributed by atoms with Crippen LogP contribution in [-0.2, 0) is 0 Å². The molecule has 96 valence electrons. The summed E-state index contributed by atoms with van der Waals surface area (Å²) in [6.45, 7) is 10.6. The zero-order chi connectivity index (χ0) is 12.7. The average molecular weight is 235 g/mol. The van der Waals surface area contributed by atoms with Gasteiger partial charge in [0.1, 0.15) is 5.75 Å². The molecule has 1 aromatic rings. The molecule has 0 unspecified atom stereocenters. The van der Waals surface area contributed by atoms with E-state index in [1.165, 1.54) is 12.8 Å². The van der Waals surface area contributed by atoms with E-state index < -0.39 is 0 Å². The second-order valence-electron chi connectivity index (χ2n) is 5.55. The number of nitrogens with one attached hydrogen (secondary N) is 1. The summed E-state index contributed by atoms with van der Waals surface area (Å²) in [5, 5.41) is 3.44. The molecule has 0 bridgehead atoms. The van der Waals surface area contributed by atoms with Crippen LogP contribution in [0.2, 0.25) is 0 Å². The third kappa shape index (κ3) is 6.20. The summed E-state index contributed by atoms with van der Waals surface area (Å²) in [5.41, 5.74) is 1.57. The van der Waals surface area contributed by atoms with Gasteiger partial charge in [-0.05, 0) is 37.3 Å². The topological polar surface area (TPSA) is 21.3 Å². The number of anilines is 1. The van der Waals surface area contributed by atoms with Crippen LogP contribution in [0.15, 0.2) is 24.3 Å². The van der Waals surface area contributed by atoms with E-state index in [4.69, 9.17) is 4.74 Å². The minimum Gasteiger partial charge on any atom is -0.494 e. The minimum absolute atomic E-state index is 0.425. The monoisotopic (exact) mass is 235 g/mol. The van der Waals surface area contributed by atoms with Crippen molar-refractivity contribution >= 4 is 5.69 Å². The molecule has 0 aliphatic heterocycles. The van der Waals surface area contributed by atoms with Crippen molar-refractivity contribution in [3.63, 3.8) is 0 Å². The molecule has 0 radical (unpaired) electrons. The molecule has 0 aromatic heterocycles. The number of rotatable bonds is 6. The van der Waals surface area contributed by atoms with Gasteiger partial charge >= 0.3 is 0 Å². The highest BCUT2D eigenvalue weighted by Crippen LogP contribution is 2.21. The zero-order valence-electron chi connectivity index (χ0n) is 11.5. The quantitative estimate of drug-likeness (QED) is 0.741. The Morgan fingerprint density at radius 2 is 2.00 bits per heavy atom. The number of benzene rings is 1. The molecular weight excluding hydrogens is 210 g/mol. The Labute approximate surface area is 105 Å². The Morgan fingerprint density at radius 1 is 1.24 bits per heavy atom. The van der Waals surface area contributed by atoms with Gasteiger partial charge in [0.15, 0.2) is 0 Å². The lowest BCUT2D eigenvalue weighted by Crippen LogP contribution is -2.09. The summed E-state index contributed by atoms with van der Waals surface area (Å²) in [6.07, 6.45) is 2.44. The van der Waals surface area contributed by atoms with Crippen molar-refractivity contribution in [2.75, 3.05) is 18.5 Å². The first-order valence-corrected chi connectivity index (χ1v) is 6.48. The molecule has 17 heavy (non-hydrogen) atoms. The van der Waals surface area contributed by atoms with Gasteiger partial charge in [0.25, 0.3) is 0 Å². The van der Waals surface area contributed by atoms with Crippen molar-refractivity contribution in [2.45, 2.75) is 40.5 Å². The molecule has 0 heterocycles. The van der Waals surface area contributed by atoms with Gasteiger partial charge in [0.2, 0.25) is 0 Å². The molecule has 0 fully saturated rings. The maximum atomic E-state index is 5.47. The molecule has 0 saturated heterocycles. The van der Waals surface area contributed by atoms with Crippen LogP contribution in [-0.4, -0.2) is 13.2 Å². The maximum absolute atomic E-state index is 5.47. The van der Waals surface area contributed by atoms with Crippen LogP contribution in [0.1, 0.15) is 40.5 Å². The van der Waals surface area contributed by atoms with E-state index in [0.29, 0.717) is 12.0 Å². The molecule has 1 aromatic carbocycles. The zero-order valence-corrected chi connectivity index (χ0v) is 11.5. The number of hydrogen-bond donors (Lipinski definition) is 1. The molecule has 1 rings (SSSR count). The van der Waals surface area contributed by atoms with Crippen molar-refractivity contribution < 1.29 is 4.74 Å². The molecule has 0 atom stereocenters. The van der Waals surface area contributed by atoms with Gasteiger partial charge < -0.3 is 10.1 Å². The lowest BCUT2D eigenvalue weighted by atomic mass is 9.91. The summed E-state index contributed by atoms with van der Waals surface area (Å²) in [7, 11) is 0. The summed E-state index contributed by atoms with van der Waals surface area (Å²) < 4.78 is 5.47. The van der Waals surface area contributed by atoms with Crippen molar-refractivity contribution in [2.24, 2.45) is 5.41 Å². The Hall–Kier alpha value is -1.18. The summed E-state index contributed by atoms with van der Waals surface area (Å²) in [4.78, 5) is 0. The van der Waals surface area contributed by atoms with E-state index in [9.17, 15) is 0 Å². The molecule has 2 nitrogen and oxygen atoms in total. The van der Waals surface area contributed by atoms with Gasteiger partial charge in [-0.2, -0.15) is 0 Å². The molecule has 0 aliphatic carbocycles. The highest BCUT2D eigenvalue weighted by atomic mass is 16.5. The molecule has 0 aliphatic rings. The van der Waals surface area contributed by atoms with Gasteiger partial charge in [-0.1, -0.05) is 26.8 Å². The molecule has 0 spiro atoms.